The summed E-state index contributed by atoms with van der Waals surface area (Å²) in [4.78, 5) is 2.59. The van der Waals surface area contributed by atoms with Gasteiger partial charge in [0.25, 0.3) is 0 Å². The van der Waals surface area contributed by atoms with E-state index in [0.717, 1.165) is 5.92 Å². The monoisotopic (exact) mass is 230 g/mol. The molecule has 0 radical (unpaired) electrons. The predicted molar refractivity (Wildman–Crippen MR) is 72.2 cm³/mol. The highest BCUT2D eigenvalue weighted by molar-refractivity contribution is 5.59. The van der Waals surface area contributed by atoms with Crippen molar-refractivity contribution < 1.29 is 0 Å². The predicted octanol–water partition coefficient (Wildman–Crippen LogP) is 2.70. The standard InChI is InChI=1S/C15H22N2/c16-10-13-5-6-15-14(9-13)7-8-17(15)11-12-3-1-2-4-12/h5-6,9,12H,1-4,7-8,10-11,16H2. The number of nitrogens with zero attached hydrogens (tertiary/aromatic N) is 1. The molecule has 0 unspecified atom stereocenters. The molecule has 2 heteroatoms. The molecule has 0 bridgehead atoms. The van der Waals surface area contributed by atoms with E-state index >= 15 is 0 Å². The fourth-order valence-corrected chi connectivity index (χ4v) is 3.34. The third-order valence-electron chi connectivity index (χ3n) is 4.32. The number of nitrogens with two attached hydrogens (primary N) is 1. The van der Waals surface area contributed by atoms with Crippen molar-refractivity contribution in [3.05, 3.63) is 29.3 Å². The van der Waals surface area contributed by atoms with Crippen LogP contribution in [0.25, 0.3) is 0 Å². The highest BCUT2D eigenvalue weighted by atomic mass is 15.1. The zero-order valence-electron chi connectivity index (χ0n) is 10.5. The van der Waals surface area contributed by atoms with Crippen LogP contribution >= 0.6 is 0 Å². The number of anilines is 1. The van der Waals surface area contributed by atoms with E-state index < -0.39 is 0 Å². The summed E-state index contributed by atoms with van der Waals surface area (Å²) in [6.07, 6.45) is 6.96. The molecule has 3 rings (SSSR count). The number of hydrogen-bond donors (Lipinski definition) is 1. The third-order valence-corrected chi connectivity index (χ3v) is 4.32. The van der Waals surface area contributed by atoms with Gasteiger partial charge in [-0.2, -0.15) is 0 Å². The lowest BCUT2D eigenvalue weighted by Crippen LogP contribution is -2.26. The highest BCUT2D eigenvalue weighted by Gasteiger charge is 2.23. The molecule has 2 N–H and O–H groups in total. The molecule has 0 saturated heterocycles. The second-order valence-electron chi connectivity index (χ2n) is 5.51. The third kappa shape index (κ3) is 2.19. The maximum Gasteiger partial charge on any atom is 0.0399 e. The molecular formula is C15H22N2. The van der Waals surface area contributed by atoms with E-state index in [4.69, 9.17) is 5.73 Å². The van der Waals surface area contributed by atoms with Crippen LogP contribution in [0, 0.1) is 5.92 Å². The van der Waals surface area contributed by atoms with Crippen LogP contribution in [0.4, 0.5) is 5.69 Å². The van der Waals surface area contributed by atoms with E-state index in [-0.39, 0.29) is 0 Å². The SMILES string of the molecule is NCc1ccc2c(c1)CCN2CC1CCCC1. The van der Waals surface area contributed by atoms with E-state index in [1.165, 1.54) is 62.0 Å². The van der Waals surface area contributed by atoms with Gasteiger partial charge in [0.2, 0.25) is 0 Å². The summed E-state index contributed by atoms with van der Waals surface area (Å²) in [5.74, 6) is 0.940. The van der Waals surface area contributed by atoms with Crippen molar-refractivity contribution in [2.24, 2.45) is 11.7 Å². The van der Waals surface area contributed by atoms with Crippen molar-refractivity contribution in [2.75, 3.05) is 18.0 Å². The summed E-state index contributed by atoms with van der Waals surface area (Å²) in [6, 6.07) is 6.76. The second-order valence-corrected chi connectivity index (χ2v) is 5.51. The molecule has 0 aromatic heterocycles. The summed E-state index contributed by atoms with van der Waals surface area (Å²) >= 11 is 0. The molecule has 1 aromatic carbocycles. The highest BCUT2D eigenvalue weighted by Crippen LogP contribution is 2.32. The summed E-state index contributed by atoms with van der Waals surface area (Å²) in [5.41, 5.74) is 9.94. The van der Waals surface area contributed by atoms with Crippen molar-refractivity contribution in [3.63, 3.8) is 0 Å². The Morgan fingerprint density at radius 1 is 1.24 bits per heavy atom. The van der Waals surface area contributed by atoms with Gasteiger partial charge in [-0.1, -0.05) is 25.0 Å². The lowest BCUT2D eigenvalue weighted by atomic mass is 10.1. The lowest BCUT2D eigenvalue weighted by molar-refractivity contribution is 0.538. The Morgan fingerprint density at radius 3 is 2.82 bits per heavy atom. The summed E-state index contributed by atoms with van der Waals surface area (Å²) in [6.45, 7) is 3.14. The molecule has 0 spiro atoms. The summed E-state index contributed by atoms with van der Waals surface area (Å²) in [5, 5.41) is 0. The van der Waals surface area contributed by atoms with Gasteiger partial charge >= 0.3 is 0 Å². The van der Waals surface area contributed by atoms with Crippen LogP contribution in [-0.4, -0.2) is 13.1 Å². The van der Waals surface area contributed by atoms with Gasteiger partial charge in [0.05, 0.1) is 0 Å². The quantitative estimate of drug-likeness (QED) is 0.865. The molecule has 1 aliphatic carbocycles. The minimum absolute atomic E-state index is 0.663. The first kappa shape index (κ1) is 11.1. The molecule has 2 aliphatic rings. The molecule has 0 atom stereocenters. The van der Waals surface area contributed by atoms with Crippen LogP contribution in [0.15, 0.2) is 18.2 Å². The van der Waals surface area contributed by atoms with Gasteiger partial charge in [-0.3, -0.25) is 0 Å². The maximum atomic E-state index is 5.70. The topological polar surface area (TPSA) is 29.3 Å². The van der Waals surface area contributed by atoms with E-state index in [0.29, 0.717) is 6.54 Å². The van der Waals surface area contributed by atoms with Gasteiger partial charge < -0.3 is 10.6 Å². The van der Waals surface area contributed by atoms with Crippen LogP contribution in [0.5, 0.6) is 0 Å². The van der Waals surface area contributed by atoms with E-state index in [2.05, 4.69) is 23.1 Å². The van der Waals surface area contributed by atoms with Gasteiger partial charge in [-0.05, 0) is 42.4 Å². The van der Waals surface area contributed by atoms with E-state index in [9.17, 15) is 0 Å². The summed E-state index contributed by atoms with van der Waals surface area (Å²) in [7, 11) is 0. The van der Waals surface area contributed by atoms with Crippen molar-refractivity contribution in [1.82, 2.24) is 0 Å². The molecular weight excluding hydrogens is 208 g/mol. The van der Waals surface area contributed by atoms with Gasteiger partial charge in [0.1, 0.15) is 0 Å². The average molecular weight is 230 g/mol. The second kappa shape index (κ2) is 4.69. The van der Waals surface area contributed by atoms with Crippen LogP contribution in [0.2, 0.25) is 0 Å². The average Bonchev–Trinajstić information content (AvgIpc) is 2.99. The van der Waals surface area contributed by atoms with E-state index in [1.807, 2.05) is 0 Å². The molecule has 1 saturated carbocycles. The number of fused-ring (bicyclic) bond motifs is 1. The van der Waals surface area contributed by atoms with Crippen LogP contribution in [-0.2, 0) is 13.0 Å². The first-order valence-corrected chi connectivity index (χ1v) is 6.93. The maximum absolute atomic E-state index is 5.70. The molecule has 92 valence electrons. The van der Waals surface area contributed by atoms with Gasteiger partial charge in [0, 0.05) is 25.3 Å². The molecule has 0 amide bonds. The minimum atomic E-state index is 0.663. The normalized spacial score (nSPS) is 19.9. The van der Waals surface area contributed by atoms with Crippen LogP contribution in [0.1, 0.15) is 36.8 Å². The van der Waals surface area contributed by atoms with Crippen molar-refractivity contribution in [1.29, 1.82) is 0 Å². The lowest BCUT2D eigenvalue weighted by Gasteiger charge is -2.23. The molecule has 17 heavy (non-hydrogen) atoms. The molecule has 1 fully saturated rings. The zero-order chi connectivity index (χ0) is 11.7. The Hall–Kier alpha value is -1.02. The largest absolute Gasteiger partial charge is 0.371 e. The van der Waals surface area contributed by atoms with Crippen molar-refractivity contribution >= 4 is 5.69 Å². The fraction of sp³-hybridized carbons (Fsp3) is 0.600. The van der Waals surface area contributed by atoms with Gasteiger partial charge in [-0.25, -0.2) is 0 Å². The Balaban J connectivity index is 1.74. The molecule has 1 heterocycles. The van der Waals surface area contributed by atoms with Crippen LogP contribution in [0.3, 0.4) is 0 Å². The number of hydrogen-bond acceptors (Lipinski definition) is 2. The van der Waals surface area contributed by atoms with Gasteiger partial charge in [-0.15, -0.1) is 0 Å². The van der Waals surface area contributed by atoms with E-state index in [1.54, 1.807) is 0 Å². The smallest absolute Gasteiger partial charge is 0.0399 e. The Morgan fingerprint density at radius 2 is 2.06 bits per heavy atom. The number of rotatable bonds is 3. The number of benzene rings is 1. The van der Waals surface area contributed by atoms with Crippen LogP contribution < -0.4 is 10.6 Å². The first-order chi connectivity index (χ1) is 8.36. The first-order valence-electron chi connectivity index (χ1n) is 6.93. The van der Waals surface area contributed by atoms with Crippen molar-refractivity contribution in [3.8, 4) is 0 Å². The Labute approximate surface area is 104 Å². The Kier molecular flexibility index (Phi) is 3.06. The van der Waals surface area contributed by atoms with Gasteiger partial charge in [0.15, 0.2) is 0 Å². The minimum Gasteiger partial charge on any atom is -0.371 e. The zero-order valence-corrected chi connectivity index (χ0v) is 10.5. The molecule has 2 nitrogen and oxygen atoms in total. The molecule has 1 aliphatic heterocycles. The fourth-order valence-electron chi connectivity index (χ4n) is 3.34. The Bertz CT molecular complexity index is 394. The summed E-state index contributed by atoms with van der Waals surface area (Å²) < 4.78 is 0. The molecule has 1 aromatic rings. The van der Waals surface area contributed by atoms with Crippen molar-refractivity contribution in [2.45, 2.75) is 38.6 Å².